The molecule has 0 aliphatic carbocycles. The molecule has 0 bridgehead atoms. The fraction of sp³-hybridized carbons (Fsp3) is 0.733. The Morgan fingerprint density at radius 2 is 2.14 bits per heavy atom. The van der Waals surface area contributed by atoms with Crippen LogP contribution in [0.25, 0.3) is 0 Å². The third-order valence-electron chi connectivity index (χ3n) is 4.00. The molecule has 1 saturated heterocycles. The first kappa shape index (κ1) is 15.8. The maximum absolute atomic E-state index is 5.57. The summed E-state index contributed by atoms with van der Waals surface area (Å²) in [6, 6.07) is 0.524. The smallest absolute Gasteiger partial charge is 0.204 e. The minimum atomic E-state index is 0.524. The number of rotatable bonds is 6. The van der Waals surface area contributed by atoms with E-state index in [-0.39, 0.29) is 0 Å². The van der Waals surface area contributed by atoms with Gasteiger partial charge < -0.3 is 15.0 Å². The average Bonchev–Trinajstić information content (AvgIpc) is 2.52. The monoisotopic (exact) mass is 293 g/mol. The second-order valence-electron chi connectivity index (χ2n) is 5.43. The van der Waals surface area contributed by atoms with E-state index in [1.165, 1.54) is 0 Å². The van der Waals surface area contributed by atoms with E-state index in [0.29, 0.717) is 6.04 Å². The molecule has 1 aliphatic heterocycles. The molecule has 0 amide bonds. The summed E-state index contributed by atoms with van der Waals surface area (Å²) in [5, 5.41) is 3.31. The molecule has 0 radical (unpaired) electrons. The van der Waals surface area contributed by atoms with Gasteiger partial charge in [0.2, 0.25) is 5.75 Å². The normalized spacial score (nSPS) is 19.6. The molecule has 0 saturated carbocycles. The van der Waals surface area contributed by atoms with Crippen LogP contribution in [-0.4, -0.2) is 60.7 Å². The van der Waals surface area contributed by atoms with Crippen molar-refractivity contribution >= 4 is 11.6 Å². The van der Waals surface area contributed by atoms with Gasteiger partial charge >= 0.3 is 0 Å². The van der Waals surface area contributed by atoms with Crippen molar-refractivity contribution in [3.05, 3.63) is 6.33 Å². The highest BCUT2D eigenvalue weighted by atomic mass is 16.5. The Morgan fingerprint density at radius 3 is 2.76 bits per heavy atom. The number of nitrogens with zero attached hydrogens (tertiary/aromatic N) is 4. The fourth-order valence-electron chi connectivity index (χ4n) is 2.80. The van der Waals surface area contributed by atoms with E-state index < -0.39 is 0 Å². The zero-order chi connectivity index (χ0) is 15.2. The topological polar surface area (TPSA) is 53.5 Å². The molecule has 1 aromatic heterocycles. The van der Waals surface area contributed by atoms with Crippen LogP contribution in [-0.2, 0) is 0 Å². The number of nitrogens with one attached hydrogen (secondary N) is 1. The Balaban J connectivity index is 2.19. The number of methoxy groups -OCH3 is 1. The number of piperazine rings is 1. The summed E-state index contributed by atoms with van der Waals surface area (Å²) in [4.78, 5) is 13.6. The lowest BCUT2D eigenvalue weighted by Crippen LogP contribution is -2.52. The van der Waals surface area contributed by atoms with Gasteiger partial charge in [0, 0.05) is 32.2 Å². The van der Waals surface area contributed by atoms with E-state index in [1.807, 2.05) is 0 Å². The number of likely N-dealkylation sites (N-methyl/N-ethyl adjacent to an activating group) is 1. The van der Waals surface area contributed by atoms with E-state index in [9.17, 15) is 0 Å². The third kappa shape index (κ3) is 3.56. The van der Waals surface area contributed by atoms with Crippen molar-refractivity contribution in [2.45, 2.75) is 33.2 Å². The first-order chi connectivity index (χ1) is 10.2. The minimum Gasteiger partial charge on any atom is -0.490 e. The molecule has 6 heteroatoms. The van der Waals surface area contributed by atoms with Crippen molar-refractivity contribution in [1.29, 1.82) is 0 Å². The first-order valence-electron chi connectivity index (χ1n) is 7.83. The highest BCUT2D eigenvalue weighted by Gasteiger charge is 2.26. The number of hydrogen-bond acceptors (Lipinski definition) is 6. The molecule has 1 unspecified atom stereocenters. The number of ether oxygens (including phenoxy) is 1. The summed E-state index contributed by atoms with van der Waals surface area (Å²) in [5.41, 5.74) is 0. The van der Waals surface area contributed by atoms with Gasteiger partial charge in [0.15, 0.2) is 11.6 Å². The van der Waals surface area contributed by atoms with Gasteiger partial charge in [-0.3, -0.25) is 4.90 Å². The molecule has 1 aromatic rings. The quantitative estimate of drug-likeness (QED) is 0.864. The first-order valence-corrected chi connectivity index (χ1v) is 7.83. The van der Waals surface area contributed by atoms with E-state index in [0.717, 1.165) is 56.5 Å². The largest absolute Gasteiger partial charge is 0.490 e. The Morgan fingerprint density at radius 1 is 1.33 bits per heavy atom. The van der Waals surface area contributed by atoms with Gasteiger partial charge in [0.25, 0.3) is 0 Å². The highest BCUT2D eigenvalue weighted by molar-refractivity contribution is 5.65. The second-order valence-corrected chi connectivity index (χ2v) is 5.43. The molecular weight excluding hydrogens is 266 g/mol. The Kier molecular flexibility index (Phi) is 5.61. The van der Waals surface area contributed by atoms with Gasteiger partial charge in [-0.2, -0.15) is 0 Å². The van der Waals surface area contributed by atoms with Gasteiger partial charge in [-0.25, -0.2) is 9.97 Å². The zero-order valence-corrected chi connectivity index (χ0v) is 13.6. The molecule has 1 aliphatic rings. The van der Waals surface area contributed by atoms with E-state index in [4.69, 9.17) is 4.74 Å². The summed E-state index contributed by atoms with van der Waals surface area (Å²) >= 11 is 0. The molecule has 1 atom stereocenters. The van der Waals surface area contributed by atoms with Crippen LogP contribution in [0.3, 0.4) is 0 Å². The van der Waals surface area contributed by atoms with Gasteiger partial charge in [-0.15, -0.1) is 0 Å². The average molecular weight is 293 g/mol. The van der Waals surface area contributed by atoms with Crippen molar-refractivity contribution in [2.24, 2.45) is 0 Å². The maximum Gasteiger partial charge on any atom is 0.204 e. The van der Waals surface area contributed by atoms with Crippen LogP contribution in [0.2, 0.25) is 0 Å². The fourth-order valence-corrected chi connectivity index (χ4v) is 2.80. The Hall–Kier alpha value is -1.56. The van der Waals surface area contributed by atoms with Crippen molar-refractivity contribution in [3.63, 3.8) is 0 Å². The van der Waals surface area contributed by atoms with Crippen LogP contribution in [0, 0.1) is 0 Å². The second kappa shape index (κ2) is 7.45. The molecule has 21 heavy (non-hydrogen) atoms. The van der Waals surface area contributed by atoms with Gasteiger partial charge in [0.1, 0.15) is 6.33 Å². The van der Waals surface area contributed by atoms with Crippen LogP contribution in [0.15, 0.2) is 6.33 Å². The number of aromatic nitrogens is 2. The number of hydrogen-bond donors (Lipinski definition) is 1. The SMILES string of the molecule is CCCNc1ncnc(N2CCN(CC)C(C)C2)c1OC. The third-order valence-corrected chi connectivity index (χ3v) is 4.00. The van der Waals surface area contributed by atoms with Crippen LogP contribution in [0.5, 0.6) is 5.75 Å². The predicted molar refractivity (Wildman–Crippen MR) is 86.3 cm³/mol. The van der Waals surface area contributed by atoms with Crippen molar-refractivity contribution < 1.29 is 4.74 Å². The van der Waals surface area contributed by atoms with E-state index in [1.54, 1.807) is 13.4 Å². The maximum atomic E-state index is 5.57. The van der Waals surface area contributed by atoms with Gasteiger partial charge in [0.05, 0.1) is 7.11 Å². The molecule has 118 valence electrons. The van der Waals surface area contributed by atoms with Crippen molar-refractivity contribution in [1.82, 2.24) is 14.9 Å². The van der Waals surface area contributed by atoms with Crippen LogP contribution in [0.1, 0.15) is 27.2 Å². The molecule has 1 fully saturated rings. The summed E-state index contributed by atoms with van der Waals surface area (Å²) in [5.74, 6) is 2.44. The van der Waals surface area contributed by atoms with Crippen LogP contribution in [0.4, 0.5) is 11.6 Å². The molecule has 0 spiro atoms. The highest BCUT2D eigenvalue weighted by Crippen LogP contribution is 2.32. The van der Waals surface area contributed by atoms with Crippen molar-refractivity contribution in [2.75, 3.05) is 50.1 Å². The lowest BCUT2D eigenvalue weighted by molar-refractivity contribution is 0.198. The molecule has 0 aromatic carbocycles. The van der Waals surface area contributed by atoms with Gasteiger partial charge in [-0.1, -0.05) is 13.8 Å². The van der Waals surface area contributed by atoms with Crippen molar-refractivity contribution in [3.8, 4) is 5.75 Å². The zero-order valence-electron chi connectivity index (χ0n) is 13.6. The van der Waals surface area contributed by atoms with Crippen LogP contribution < -0.4 is 15.0 Å². The lowest BCUT2D eigenvalue weighted by Gasteiger charge is -2.40. The summed E-state index contributed by atoms with van der Waals surface area (Å²) in [7, 11) is 1.69. The van der Waals surface area contributed by atoms with Gasteiger partial charge in [-0.05, 0) is 19.9 Å². The summed E-state index contributed by atoms with van der Waals surface area (Å²) in [6.07, 6.45) is 2.67. The Labute approximate surface area is 127 Å². The molecule has 6 nitrogen and oxygen atoms in total. The summed E-state index contributed by atoms with van der Waals surface area (Å²) in [6.45, 7) is 11.6. The van der Waals surface area contributed by atoms with E-state index >= 15 is 0 Å². The van der Waals surface area contributed by atoms with Crippen LogP contribution >= 0.6 is 0 Å². The number of anilines is 2. The standard InChI is InChI=1S/C15H27N5O/c1-5-7-16-14-13(21-4)15(18-11-17-14)20-9-8-19(6-2)12(3)10-20/h11-12H,5-10H2,1-4H3,(H,16,17,18). The molecule has 2 heterocycles. The lowest BCUT2D eigenvalue weighted by atomic mass is 10.2. The van der Waals surface area contributed by atoms with E-state index in [2.05, 4.69) is 45.9 Å². The molecule has 1 N–H and O–H groups in total. The Bertz CT molecular complexity index is 454. The molecule has 2 rings (SSSR count). The summed E-state index contributed by atoms with van der Waals surface area (Å²) < 4.78 is 5.57. The minimum absolute atomic E-state index is 0.524. The molecular formula is C15H27N5O. The predicted octanol–water partition coefficient (Wildman–Crippen LogP) is 1.84.